The van der Waals surface area contributed by atoms with Crippen molar-refractivity contribution >= 4 is 11.0 Å². The number of methoxy groups -OCH3 is 1. The summed E-state index contributed by atoms with van der Waals surface area (Å²) in [6, 6.07) is 16.9. The number of para-hydroxylation sites is 2. The van der Waals surface area contributed by atoms with Gasteiger partial charge in [0.1, 0.15) is 11.6 Å². The van der Waals surface area contributed by atoms with E-state index >= 15 is 0 Å². The summed E-state index contributed by atoms with van der Waals surface area (Å²) < 4.78 is 13.5. The number of ether oxygens (including phenoxy) is 2. The van der Waals surface area contributed by atoms with Crippen molar-refractivity contribution < 1.29 is 9.47 Å². The second-order valence-electron chi connectivity index (χ2n) is 8.43. The lowest BCUT2D eigenvalue weighted by molar-refractivity contribution is 0.0724. The third-order valence-corrected chi connectivity index (χ3v) is 5.97. The van der Waals surface area contributed by atoms with Crippen molar-refractivity contribution in [2.24, 2.45) is 0 Å². The molecule has 160 valence electrons. The highest BCUT2D eigenvalue weighted by molar-refractivity contribution is 5.76. The lowest BCUT2D eigenvalue weighted by atomic mass is 9.95. The number of fused-ring (bicyclic) bond motifs is 1. The van der Waals surface area contributed by atoms with Crippen molar-refractivity contribution in [3.8, 4) is 5.75 Å². The van der Waals surface area contributed by atoms with E-state index in [2.05, 4.69) is 59.7 Å². The normalized spacial score (nSPS) is 15.9. The van der Waals surface area contributed by atoms with Crippen LogP contribution >= 0.6 is 0 Å². The van der Waals surface area contributed by atoms with Crippen molar-refractivity contribution in [3.63, 3.8) is 0 Å². The molecule has 1 aliphatic rings. The average Bonchev–Trinajstić information content (AvgIpc) is 3.13. The van der Waals surface area contributed by atoms with Crippen molar-refractivity contribution in [3.05, 3.63) is 59.9 Å². The molecule has 4 rings (SSSR count). The van der Waals surface area contributed by atoms with Crippen molar-refractivity contribution in [2.45, 2.75) is 51.8 Å². The van der Waals surface area contributed by atoms with Crippen LogP contribution in [0.25, 0.3) is 11.0 Å². The monoisotopic (exact) mass is 407 g/mol. The predicted molar refractivity (Wildman–Crippen MR) is 121 cm³/mol. The third kappa shape index (κ3) is 4.85. The van der Waals surface area contributed by atoms with Crippen LogP contribution in [0.1, 0.15) is 44.0 Å². The number of aromatic nitrogens is 2. The first-order valence-electron chi connectivity index (χ1n) is 11.1. The van der Waals surface area contributed by atoms with Crippen LogP contribution in [0.5, 0.6) is 5.75 Å². The topological polar surface area (TPSA) is 39.5 Å². The number of hydrogen-bond acceptors (Lipinski definition) is 4. The van der Waals surface area contributed by atoms with Gasteiger partial charge in [0.2, 0.25) is 0 Å². The molecular weight excluding hydrogens is 374 g/mol. The highest BCUT2D eigenvalue weighted by Crippen LogP contribution is 2.31. The van der Waals surface area contributed by atoms with Gasteiger partial charge in [-0.05, 0) is 69.6 Å². The Bertz CT molecular complexity index is 941. The summed E-state index contributed by atoms with van der Waals surface area (Å²) in [7, 11) is 1.71. The van der Waals surface area contributed by atoms with Gasteiger partial charge in [0.25, 0.3) is 0 Å². The molecule has 1 fully saturated rings. The third-order valence-electron chi connectivity index (χ3n) is 5.97. The second-order valence-corrected chi connectivity index (χ2v) is 8.43. The zero-order chi connectivity index (χ0) is 20.9. The minimum atomic E-state index is 0.254. The summed E-state index contributed by atoms with van der Waals surface area (Å²) in [4.78, 5) is 7.59. The molecule has 3 aromatic rings. The zero-order valence-corrected chi connectivity index (χ0v) is 18.4. The first-order valence-corrected chi connectivity index (χ1v) is 11.1. The smallest absolute Gasteiger partial charge is 0.118 e. The van der Waals surface area contributed by atoms with E-state index in [0.29, 0.717) is 5.92 Å². The Morgan fingerprint density at radius 2 is 1.77 bits per heavy atom. The van der Waals surface area contributed by atoms with E-state index < -0.39 is 0 Å². The highest BCUT2D eigenvalue weighted by atomic mass is 16.5. The maximum absolute atomic E-state index is 5.84. The maximum Gasteiger partial charge on any atom is 0.118 e. The molecule has 5 heteroatoms. The number of benzene rings is 2. The molecule has 30 heavy (non-hydrogen) atoms. The molecule has 0 N–H and O–H groups in total. The molecular formula is C25H33N3O2. The second kappa shape index (κ2) is 9.63. The molecule has 0 unspecified atom stereocenters. The first-order chi connectivity index (χ1) is 14.6. The Morgan fingerprint density at radius 1 is 1.03 bits per heavy atom. The standard InChI is InChI=1S/C25H33N3O2/c1-19(2)30-17-16-28-24-7-5-4-6-23(24)26-25(28)21-12-14-27(15-13-21)18-20-8-10-22(29-3)11-9-20/h4-11,19,21H,12-18H2,1-3H3. The van der Waals surface area contributed by atoms with Crippen LogP contribution in [0.2, 0.25) is 0 Å². The van der Waals surface area contributed by atoms with Gasteiger partial charge in [-0.2, -0.15) is 0 Å². The summed E-state index contributed by atoms with van der Waals surface area (Å²) in [5, 5.41) is 0. The van der Waals surface area contributed by atoms with Crippen LogP contribution in [-0.2, 0) is 17.8 Å². The Morgan fingerprint density at radius 3 is 2.47 bits per heavy atom. The van der Waals surface area contributed by atoms with E-state index in [0.717, 1.165) is 56.9 Å². The maximum atomic E-state index is 5.84. The van der Waals surface area contributed by atoms with Crippen LogP contribution < -0.4 is 4.74 Å². The van der Waals surface area contributed by atoms with Gasteiger partial charge in [-0.25, -0.2) is 4.98 Å². The molecule has 1 saturated heterocycles. The van der Waals surface area contributed by atoms with Crippen molar-refractivity contribution in [2.75, 3.05) is 26.8 Å². The van der Waals surface area contributed by atoms with Gasteiger partial charge in [0.05, 0.1) is 30.9 Å². The summed E-state index contributed by atoms with van der Waals surface area (Å²) in [6.45, 7) is 8.96. The van der Waals surface area contributed by atoms with Gasteiger partial charge in [0.15, 0.2) is 0 Å². The highest BCUT2D eigenvalue weighted by Gasteiger charge is 2.25. The summed E-state index contributed by atoms with van der Waals surface area (Å²) >= 11 is 0. The van der Waals surface area contributed by atoms with Gasteiger partial charge in [-0.1, -0.05) is 24.3 Å². The number of piperidine rings is 1. The molecule has 0 radical (unpaired) electrons. The van der Waals surface area contributed by atoms with Crippen LogP contribution in [-0.4, -0.2) is 47.4 Å². The largest absolute Gasteiger partial charge is 0.497 e. The van der Waals surface area contributed by atoms with E-state index in [9.17, 15) is 0 Å². The van der Waals surface area contributed by atoms with E-state index in [1.165, 1.54) is 16.9 Å². The van der Waals surface area contributed by atoms with Crippen molar-refractivity contribution in [1.29, 1.82) is 0 Å². The molecule has 0 amide bonds. The van der Waals surface area contributed by atoms with Gasteiger partial charge in [0, 0.05) is 19.0 Å². The average molecular weight is 408 g/mol. The molecule has 5 nitrogen and oxygen atoms in total. The van der Waals surface area contributed by atoms with Crippen LogP contribution in [0.4, 0.5) is 0 Å². The molecule has 0 aliphatic carbocycles. The molecule has 0 bridgehead atoms. The number of hydrogen-bond donors (Lipinski definition) is 0. The minimum absolute atomic E-state index is 0.254. The quantitative estimate of drug-likeness (QED) is 0.535. The van der Waals surface area contributed by atoms with E-state index in [1.54, 1.807) is 7.11 Å². The fraction of sp³-hybridized carbons (Fsp3) is 0.480. The molecule has 2 aromatic carbocycles. The fourth-order valence-corrected chi connectivity index (χ4v) is 4.36. The Labute approximate surface area is 179 Å². The van der Waals surface area contributed by atoms with E-state index in [4.69, 9.17) is 14.5 Å². The first kappa shape index (κ1) is 20.9. The van der Waals surface area contributed by atoms with Crippen LogP contribution in [0.15, 0.2) is 48.5 Å². The Balaban J connectivity index is 1.43. The predicted octanol–water partition coefficient (Wildman–Crippen LogP) is 4.85. The summed E-state index contributed by atoms with van der Waals surface area (Å²) in [6.07, 6.45) is 2.54. The number of rotatable bonds is 8. The number of imidazole rings is 1. The Hall–Kier alpha value is -2.37. The van der Waals surface area contributed by atoms with Gasteiger partial charge < -0.3 is 14.0 Å². The summed E-state index contributed by atoms with van der Waals surface area (Å²) in [5.74, 6) is 2.65. The Kier molecular flexibility index (Phi) is 6.70. The molecule has 2 heterocycles. The number of nitrogens with zero attached hydrogens (tertiary/aromatic N) is 3. The lowest BCUT2D eigenvalue weighted by Crippen LogP contribution is -2.33. The van der Waals surface area contributed by atoms with Crippen LogP contribution in [0.3, 0.4) is 0 Å². The SMILES string of the molecule is COc1ccc(CN2CCC(c3nc4ccccc4n3CCOC(C)C)CC2)cc1. The van der Waals surface area contributed by atoms with E-state index in [1.807, 2.05) is 12.1 Å². The zero-order valence-electron chi connectivity index (χ0n) is 18.4. The molecule has 0 saturated carbocycles. The lowest BCUT2D eigenvalue weighted by Gasteiger charge is -2.32. The van der Waals surface area contributed by atoms with Gasteiger partial charge in [-0.3, -0.25) is 4.90 Å². The summed E-state index contributed by atoms with van der Waals surface area (Å²) in [5.41, 5.74) is 3.66. The van der Waals surface area contributed by atoms with Crippen molar-refractivity contribution in [1.82, 2.24) is 14.5 Å². The minimum Gasteiger partial charge on any atom is -0.497 e. The fourth-order valence-electron chi connectivity index (χ4n) is 4.36. The van der Waals surface area contributed by atoms with Crippen LogP contribution in [0, 0.1) is 0 Å². The molecule has 1 aliphatic heterocycles. The molecule has 0 spiro atoms. The van der Waals surface area contributed by atoms with Gasteiger partial charge in [-0.15, -0.1) is 0 Å². The van der Waals surface area contributed by atoms with E-state index in [-0.39, 0.29) is 6.10 Å². The van der Waals surface area contributed by atoms with Gasteiger partial charge >= 0.3 is 0 Å². The molecule has 0 atom stereocenters. The number of likely N-dealkylation sites (tertiary alicyclic amines) is 1. The molecule has 1 aromatic heterocycles.